The van der Waals surface area contributed by atoms with E-state index < -0.39 is 0 Å². The largest absolute Gasteiger partial charge is 0.496 e. The number of para-hydroxylation sites is 2. The number of hydrogen-bond donors (Lipinski definition) is 1. The average Bonchev–Trinajstić information content (AvgIpc) is 2.52. The maximum atomic E-state index is 9.40. The predicted octanol–water partition coefficient (Wildman–Crippen LogP) is 3.22. The summed E-state index contributed by atoms with van der Waals surface area (Å²) in [6.45, 7) is 0.112. The first kappa shape index (κ1) is 14.4. The van der Waals surface area contributed by atoms with E-state index in [9.17, 15) is 5.11 Å². The van der Waals surface area contributed by atoms with Crippen molar-refractivity contribution in [2.45, 2.75) is 12.3 Å². The molecule has 0 aliphatic carbocycles. The second-order valence-electron chi connectivity index (χ2n) is 4.55. The minimum Gasteiger partial charge on any atom is -0.496 e. The minimum atomic E-state index is 0.0484. The molecule has 3 nitrogen and oxygen atoms in total. The van der Waals surface area contributed by atoms with Crippen LogP contribution in [0.1, 0.15) is 23.5 Å². The Morgan fingerprint density at radius 2 is 1.30 bits per heavy atom. The van der Waals surface area contributed by atoms with Crippen molar-refractivity contribution in [2.75, 3.05) is 20.8 Å². The third-order valence-corrected chi connectivity index (χ3v) is 3.45. The Balaban J connectivity index is 2.50. The van der Waals surface area contributed by atoms with Crippen molar-refractivity contribution in [3.05, 3.63) is 59.7 Å². The van der Waals surface area contributed by atoms with Gasteiger partial charge in [0.25, 0.3) is 0 Å². The van der Waals surface area contributed by atoms with E-state index in [-0.39, 0.29) is 12.5 Å². The molecule has 2 rings (SSSR count). The van der Waals surface area contributed by atoms with Crippen molar-refractivity contribution in [2.24, 2.45) is 0 Å². The molecule has 0 saturated carbocycles. The topological polar surface area (TPSA) is 38.7 Å². The molecular weight excluding hydrogens is 252 g/mol. The first-order valence-corrected chi connectivity index (χ1v) is 6.68. The molecule has 106 valence electrons. The van der Waals surface area contributed by atoms with Crippen LogP contribution in [-0.4, -0.2) is 25.9 Å². The van der Waals surface area contributed by atoms with Gasteiger partial charge in [-0.3, -0.25) is 0 Å². The number of ether oxygens (including phenoxy) is 2. The van der Waals surface area contributed by atoms with E-state index in [0.29, 0.717) is 6.42 Å². The summed E-state index contributed by atoms with van der Waals surface area (Å²) < 4.78 is 10.9. The van der Waals surface area contributed by atoms with Crippen molar-refractivity contribution in [3.63, 3.8) is 0 Å². The molecule has 0 amide bonds. The molecule has 0 fully saturated rings. The van der Waals surface area contributed by atoms with Crippen LogP contribution in [0.3, 0.4) is 0 Å². The minimum absolute atomic E-state index is 0.0484. The summed E-state index contributed by atoms with van der Waals surface area (Å²) in [5.41, 5.74) is 2.13. The van der Waals surface area contributed by atoms with Gasteiger partial charge in [-0.15, -0.1) is 0 Å². The fourth-order valence-electron chi connectivity index (χ4n) is 2.52. The van der Waals surface area contributed by atoms with Gasteiger partial charge in [-0.1, -0.05) is 36.4 Å². The van der Waals surface area contributed by atoms with Gasteiger partial charge in [-0.2, -0.15) is 0 Å². The molecule has 0 radical (unpaired) electrons. The summed E-state index contributed by atoms with van der Waals surface area (Å²) in [5, 5.41) is 9.40. The maximum absolute atomic E-state index is 9.40. The van der Waals surface area contributed by atoms with Gasteiger partial charge in [-0.25, -0.2) is 0 Å². The Bertz CT molecular complexity index is 504. The summed E-state index contributed by atoms with van der Waals surface area (Å²) in [5.74, 6) is 1.71. The van der Waals surface area contributed by atoms with Crippen LogP contribution < -0.4 is 9.47 Å². The molecule has 0 saturated heterocycles. The Kier molecular flexibility index (Phi) is 5.02. The van der Waals surface area contributed by atoms with Gasteiger partial charge < -0.3 is 14.6 Å². The summed E-state index contributed by atoms with van der Waals surface area (Å²) >= 11 is 0. The van der Waals surface area contributed by atoms with Crippen molar-refractivity contribution in [3.8, 4) is 11.5 Å². The summed E-state index contributed by atoms with van der Waals surface area (Å²) in [7, 11) is 3.33. The molecular formula is C17H20O3. The summed E-state index contributed by atoms with van der Waals surface area (Å²) in [6.07, 6.45) is 0.626. The zero-order valence-electron chi connectivity index (χ0n) is 11.9. The Morgan fingerprint density at radius 3 is 1.70 bits per heavy atom. The number of benzene rings is 2. The Morgan fingerprint density at radius 1 is 0.850 bits per heavy atom. The molecule has 2 aromatic rings. The molecule has 1 N–H and O–H groups in total. The second kappa shape index (κ2) is 6.96. The Hall–Kier alpha value is -2.00. The number of hydrogen-bond acceptors (Lipinski definition) is 3. The first-order chi connectivity index (χ1) is 9.81. The Labute approximate surface area is 119 Å². The van der Waals surface area contributed by atoms with Gasteiger partial charge in [0.15, 0.2) is 0 Å². The van der Waals surface area contributed by atoms with Crippen LogP contribution in [0.15, 0.2) is 48.5 Å². The lowest BCUT2D eigenvalue weighted by molar-refractivity contribution is 0.279. The standard InChI is InChI=1S/C17H20O3/c1-19-16-9-5-3-7-14(16)13(11-12-18)15-8-4-6-10-17(15)20-2/h3-10,13,18H,11-12H2,1-2H3. The molecule has 0 heterocycles. The highest BCUT2D eigenvalue weighted by Gasteiger charge is 2.20. The van der Waals surface area contributed by atoms with E-state index in [1.54, 1.807) is 14.2 Å². The molecule has 3 heteroatoms. The van der Waals surface area contributed by atoms with Gasteiger partial charge in [0.05, 0.1) is 14.2 Å². The fraction of sp³-hybridized carbons (Fsp3) is 0.294. The van der Waals surface area contributed by atoms with Gasteiger partial charge in [-0.05, 0) is 18.6 Å². The van der Waals surface area contributed by atoms with Crippen LogP contribution >= 0.6 is 0 Å². The number of rotatable bonds is 6. The van der Waals surface area contributed by atoms with E-state index in [0.717, 1.165) is 22.6 Å². The second-order valence-corrected chi connectivity index (χ2v) is 4.55. The van der Waals surface area contributed by atoms with Gasteiger partial charge in [0.2, 0.25) is 0 Å². The van der Waals surface area contributed by atoms with Crippen molar-refractivity contribution >= 4 is 0 Å². The first-order valence-electron chi connectivity index (χ1n) is 6.68. The van der Waals surface area contributed by atoms with Gasteiger partial charge in [0, 0.05) is 23.7 Å². The quantitative estimate of drug-likeness (QED) is 0.877. The lowest BCUT2D eigenvalue weighted by Gasteiger charge is -2.21. The van der Waals surface area contributed by atoms with E-state index in [4.69, 9.17) is 9.47 Å². The third kappa shape index (κ3) is 2.94. The monoisotopic (exact) mass is 272 g/mol. The van der Waals surface area contributed by atoms with Crippen LogP contribution in [0.4, 0.5) is 0 Å². The van der Waals surface area contributed by atoms with Gasteiger partial charge >= 0.3 is 0 Å². The van der Waals surface area contributed by atoms with Crippen LogP contribution in [0, 0.1) is 0 Å². The van der Waals surface area contributed by atoms with Gasteiger partial charge in [0.1, 0.15) is 11.5 Å². The third-order valence-electron chi connectivity index (χ3n) is 3.45. The number of methoxy groups -OCH3 is 2. The van der Waals surface area contributed by atoms with Crippen LogP contribution in [0.25, 0.3) is 0 Å². The smallest absolute Gasteiger partial charge is 0.122 e. The van der Waals surface area contributed by atoms with Crippen molar-refractivity contribution in [1.29, 1.82) is 0 Å². The van der Waals surface area contributed by atoms with Crippen LogP contribution in [0.2, 0.25) is 0 Å². The lowest BCUT2D eigenvalue weighted by Crippen LogP contribution is -2.07. The predicted molar refractivity (Wildman–Crippen MR) is 79.5 cm³/mol. The normalized spacial score (nSPS) is 10.6. The highest BCUT2D eigenvalue weighted by Crippen LogP contribution is 2.38. The zero-order chi connectivity index (χ0) is 14.4. The molecule has 0 spiro atoms. The van der Waals surface area contributed by atoms with Crippen LogP contribution in [0.5, 0.6) is 11.5 Å². The van der Waals surface area contributed by atoms with E-state index >= 15 is 0 Å². The molecule has 0 bridgehead atoms. The van der Waals surface area contributed by atoms with Crippen molar-refractivity contribution < 1.29 is 14.6 Å². The highest BCUT2D eigenvalue weighted by atomic mass is 16.5. The fourth-order valence-corrected chi connectivity index (χ4v) is 2.52. The van der Waals surface area contributed by atoms with Crippen LogP contribution in [-0.2, 0) is 0 Å². The molecule has 0 atom stereocenters. The molecule has 20 heavy (non-hydrogen) atoms. The molecule has 0 unspecified atom stereocenters. The number of aliphatic hydroxyl groups excluding tert-OH is 1. The lowest BCUT2D eigenvalue weighted by atomic mass is 9.87. The van der Waals surface area contributed by atoms with E-state index in [1.165, 1.54) is 0 Å². The molecule has 2 aromatic carbocycles. The zero-order valence-corrected chi connectivity index (χ0v) is 11.9. The highest BCUT2D eigenvalue weighted by molar-refractivity contribution is 5.47. The summed E-state index contributed by atoms with van der Waals surface area (Å²) in [4.78, 5) is 0. The van der Waals surface area contributed by atoms with E-state index in [2.05, 4.69) is 0 Å². The number of aliphatic hydroxyl groups is 1. The summed E-state index contributed by atoms with van der Waals surface area (Å²) in [6, 6.07) is 15.8. The molecule has 0 aromatic heterocycles. The SMILES string of the molecule is COc1ccccc1C(CCO)c1ccccc1OC. The molecule has 0 aliphatic rings. The van der Waals surface area contributed by atoms with Crippen molar-refractivity contribution in [1.82, 2.24) is 0 Å². The van der Waals surface area contributed by atoms with E-state index in [1.807, 2.05) is 48.5 Å². The maximum Gasteiger partial charge on any atom is 0.122 e. The average molecular weight is 272 g/mol. The molecule has 0 aliphatic heterocycles.